The number of rotatable bonds is 9. The summed E-state index contributed by atoms with van der Waals surface area (Å²) in [6, 6.07) is 8.79. The first-order valence-electron chi connectivity index (χ1n) is 7.18. The van der Waals surface area contributed by atoms with Crippen LogP contribution in [0, 0.1) is 0 Å². The van der Waals surface area contributed by atoms with E-state index < -0.39 is 0 Å². The maximum absolute atomic E-state index is 9.09. The summed E-state index contributed by atoms with van der Waals surface area (Å²) in [5.41, 5.74) is 1.34. The lowest BCUT2D eigenvalue weighted by molar-refractivity contribution is 0.132. The highest BCUT2D eigenvalue weighted by molar-refractivity contribution is 7.17. The Kier molecular flexibility index (Phi) is 6.47. The average molecular weight is 293 g/mol. The fourth-order valence-corrected chi connectivity index (χ4v) is 2.84. The zero-order valence-corrected chi connectivity index (χ0v) is 12.8. The molecule has 3 nitrogen and oxygen atoms in total. The van der Waals surface area contributed by atoms with Gasteiger partial charge in [-0.25, -0.2) is 0 Å². The molecule has 0 bridgehead atoms. The molecule has 0 aliphatic rings. The normalized spacial score (nSPS) is 12.9. The Morgan fingerprint density at radius 3 is 3.05 bits per heavy atom. The predicted octanol–water partition coefficient (Wildman–Crippen LogP) is 2.82. The zero-order valence-electron chi connectivity index (χ0n) is 12.0. The zero-order chi connectivity index (χ0) is 14.2. The van der Waals surface area contributed by atoms with Crippen molar-refractivity contribution in [1.29, 1.82) is 0 Å². The third-order valence-corrected chi connectivity index (χ3v) is 4.03. The summed E-state index contributed by atoms with van der Waals surface area (Å²) in [6.45, 7) is 4.87. The molecule has 0 saturated heterocycles. The van der Waals surface area contributed by atoms with Gasteiger partial charge >= 0.3 is 0 Å². The van der Waals surface area contributed by atoms with Crippen LogP contribution in [0.2, 0.25) is 0 Å². The molecule has 1 atom stereocenters. The van der Waals surface area contributed by atoms with Gasteiger partial charge in [0, 0.05) is 17.9 Å². The number of nitrogens with one attached hydrogen (secondary N) is 1. The molecule has 110 valence electrons. The Morgan fingerprint density at radius 1 is 1.30 bits per heavy atom. The molecule has 0 saturated carbocycles. The number of aliphatic hydroxyl groups is 1. The van der Waals surface area contributed by atoms with Crippen molar-refractivity contribution in [3.63, 3.8) is 0 Å². The number of hydrogen-bond acceptors (Lipinski definition) is 4. The van der Waals surface area contributed by atoms with Crippen LogP contribution >= 0.6 is 11.3 Å². The molecule has 2 aromatic rings. The topological polar surface area (TPSA) is 41.5 Å². The standard InChI is InChI=1S/C16H23NO2S/c1-13(18)12-17-7-2-8-19-9-5-14-3-4-16-15(11-14)6-10-20-16/h3-4,6,10-11,13,17-18H,2,5,7-9,12H2,1H3. The van der Waals surface area contributed by atoms with E-state index in [9.17, 15) is 0 Å². The molecule has 0 aliphatic heterocycles. The van der Waals surface area contributed by atoms with Crippen molar-refractivity contribution in [2.75, 3.05) is 26.3 Å². The van der Waals surface area contributed by atoms with Gasteiger partial charge in [-0.3, -0.25) is 0 Å². The van der Waals surface area contributed by atoms with E-state index in [0.717, 1.165) is 32.6 Å². The fraction of sp³-hybridized carbons (Fsp3) is 0.500. The second-order valence-corrected chi connectivity index (χ2v) is 6.01. The molecule has 0 fully saturated rings. The Morgan fingerprint density at radius 2 is 2.20 bits per heavy atom. The number of aliphatic hydroxyl groups excluding tert-OH is 1. The van der Waals surface area contributed by atoms with Crippen molar-refractivity contribution in [3.8, 4) is 0 Å². The summed E-state index contributed by atoms with van der Waals surface area (Å²) in [4.78, 5) is 0. The highest BCUT2D eigenvalue weighted by atomic mass is 32.1. The van der Waals surface area contributed by atoms with Gasteiger partial charge in [-0.05, 0) is 54.8 Å². The van der Waals surface area contributed by atoms with E-state index in [0.29, 0.717) is 6.54 Å². The minimum atomic E-state index is -0.275. The van der Waals surface area contributed by atoms with Crippen molar-refractivity contribution in [2.45, 2.75) is 25.9 Å². The van der Waals surface area contributed by atoms with Crippen molar-refractivity contribution >= 4 is 21.4 Å². The lowest BCUT2D eigenvalue weighted by Crippen LogP contribution is -2.25. The average Bonchev–Trinajstić information content (AvgIpc) is 2.89. The summed E-state index contributed by atoms with van der Waals surface area (Å²) < 4.78 is 6.98. The lowest BCUT2D eigenvalue weighted by atomic mass is 10.1. The summed E-state index contributed by atoms with van der Waals surface area (Å²) in [5, 5.41) is 15.7. The molecule has 1 heterocycles. The molecule has 1 unspecified atom stereocenters. The Bertz CT molecular complexity index is 510. The monoisotopic (exact) mass is 293 g/mol. The molecule has 4 heteroatoms. The van der Waals surface area contributed by atoms with E-state index in [1.807, 2.05) is 0 Å². The smallest absolute Gasteiger partial charge is 0.0636 e. The van der Waals surface area contributed by atoms with Crippen molar-refractivity contribution in [2.24, 2.45) is 0 Å². The molecule has 0 spiro atoms. The predicted molar refractivity (Wildman–Crippen MR) is 85.5 cm³/mol. The van der Waals surface area contributed by atoms with E-state index in [2.05, 4.69) is 35.0 Å². The molecule has 0 radical (unpaired) electrons. The number of thiophene rings is 1. The Hall–Kier alpha value is -0.940. The van der Waals surface area contributed by atoms with Crippen LogP contribution in [0.5, 0.6) is 0 Å². The third kappa shape index (κ3) is 5.21. The van der Waals surface area contributed by atoms with Gasteiger partial charge in [-0.15, -0.1) is 11.3 Å². The van der Waals surface area contributed by atoms with E-state index in [1.165, 1.54) is 15.6 Å². The maximum atomic E-state index is 9.09. The van der Waals surface area contributed by atoms with Crippen LogP contribution in [0.25, 0.3) is 10.1 Å². The largest absolute Gasteiger partial charge is 0.392 e. The van der Waals surface area contributed by atoms with Gasteiger partial charge < -0.3 is 15.2 Å². The first-order chi connectivity index (χ1) is 9.75. The highest BCUT2D eigenvalue weighted by Gasteiger charge is 1.98. The second-order valence-electron chi connectivity index (χ2n) is 5.06. The van der Waals surface area contributed by atoms with E-state index in [1.54, 1.807) is 18.3 Å². The van der Waals surface area contributed by atoms with Gasteiger partial charge in [0.2, 0.25) is 0 Å². The third-order valence-electron chi connectivity index (χ3n) is 3.13. The van der Waals surface area contributed by atoms with Crippen LogP contribution in [0.1, 0.15) is 18.9 Å². The van der Waals surface area contributed by atoms with Gasteiger partial charge in [-0.2, -0.15) is 0 Å². The number of fused-ring (bicyclic) bond motifs is 1. The lowest BCUT2D eigenvalue weighted by Gasteiger charge is -2.07. The molecule has 1 aromatic heterocycles. The minimum absolute atomic E-state index is 0.275. The van der Waals surface area contributed by atoms with Gasteiger partial charge in [-0.1, -0.05) is 12.1 Å². The summed E-state index contributed by atoms with van der Waals surface area (Å²) in [6.07, 6.45) is 1.67. The summed E-state index contributed by atoms with van der Waals surface area (Å²) >= 11 is 1.78. The van der Waals surface area contributed by atoms with E-state index in [-0.39, 0.29) is 6.10 Å². The molecule has 2 rings (SSSR count). The fourth-order valence-electron chi connectivity index (χ4n) is 2.07. The van der Waals surface area contributed by atoms with Crippen LogP contribution in [0.4, 0.5) is 0 Å². The molecule has 1 aromatic carbocycles. The van der Waals surface area contributed by atoms with Crippen LogP contribution in [0.3, 0.4) is 0 Å². The summed E-state index contributed by atoms with van der Waals surface area (Å²) in [5.74, 6) is 0. The van der Waals surface area contributed by atoms with Gasteiger partial charge in [0.15, 0.2) is 0 Å². The molecule has 0 aliphatic carbocycles. The maximum Gasteiger partial charge on any atom is 0.0636 e. The van der Waals surface area contributed by atoms with Crippen molar-refractivity contribution in [3.05, 3.63) is 35.2 Å². The first-order valence-corrected chi connectivity index (χ1v) is 8.06. The van der Waals surface area contributed by atoms with Crippen molar-refractivity contribution < 1.29 is 9.84 Å². The van der Waals surface area contributed by atoms with Gasteiger partial charge in [0.1, 0.15) is 0 Å². The van der Waals surface area contributed by atoms with Crippen LogP contribution in [-0.4, -0.2) is 37.5 Å². The second kappa shape index (κ2) is 8.37. The molecule has 20 heavy (non-hydrogen) atoms. The van der Waals surface area contributed by atoms with Gasteiger partial charge in [0.25, 0.3) is 0 Å². The Labute approximate surface area is 124 Å². The van der Waals surface area contributed by atoms with Crippen LogP contribution < -0.4 is 5.32 Å². The van der Waals surface area contributed by atoms with Crippen LogP contribution in [-0.2, 0) is 11.2 Å². The molecule has 2 N–H and O–H groups in total. The van der Waals surface area contributed by atoms with E-state index in [4.69, 9.17) is 9.84 Å². The van der Waals surface area contributed by atoms with Crippen molar-refractivity contribution in [1.82, 2.24) is 5.32 Å². The SMILES string of the molecule is CC(O)CNCCCOCCc1ccc2sccc2c1. The number of ether oxygens (including phenoxy) is 1. The molecular formula is C16H23NO2S. The van der Waals surface area contributed by atoms with E-state index >= 15 is 0 Å². The quantitative estimate of drug-likeness (QED) is 0.699. The number of benzene rings is 1. The summed E-state index contributed by atoms with van der Waals surface area (Å²) in [7, 11) is 0. The van der Waals surface area contributed by atoms with Crippen LogP contribution in [0.15, 0.2) is 29.6 Å². The first kappa shape index (κ1) is 15.4. The molecule has 0 amide bonds. The Balaban J connectivity index is 1.56. The highest BCUT2D eigenvalue weighted by Crippen LogP contribution is 2.21. The minimum Gasteiger partial charge on any atom is -0.392 e. The molecular weight excluding hydrogens is 270 g/mol. The number of hydrogen-bond donors (Lipinski definition) is 2. The van der Waals surface area contributed by atoms with Gasteiger partial charge in [0.05, 0.1) is 12.7 Å².